The summed E-state index contributed by atoms with van der Waals surface area (Å²) >= 11 is 0. The number of carbonyl (C=O) groups excluding carboxylic acids is 2. The Morgan fingerprint density at radius 2 is 2.14 bits per heavy atom. The molecule has 1 aromatic rings. The van der Waals surface area contributed by atoms with E-state index in [4.69, 9.17) is 4.74 Å². The molecule has 1 N–H and O–H groups in total. The predicted octanol–water partition coefficient (Wildman–Crippen LogP) is 2.13. The quantitative estimate of drug-likeness (QED) is 0.925. The van der Waals surface area contributed by atoms with E-state index < -0.39 is 0 Å². The lowest BCUT2D eigenvalue weighted by atomic mass is 9.95. The molecule has 1 saturated heterocycles. The molecule has 0 radical (unpaired) electrons. The average Bonchev–Trinajstić information content (AvgIpc) is 2.56. The summed E-state index contributed by atoms with van der Waals surface area (Å²) < 4.78 is 4.98. The van der Waals surface area contributed by atoms with Crippen LogP contribution in [0.15, 0.2) is 24.4 Å². The van der Waals surface area contributed by atoms with Crippen molar-refractivity contribution < 1.29 is 14.3 Å². The molecule has 0 unspecified atom stereocenters. The Kier molecular flexibility index (Phi) is 5.75. The summed E-state index contributed by atoms with van der Waals surface area (Å²) in [6.45, 7) is 5.22. The fourth-order valence-corrected chi connectivity index (χ4v) is 2.58. The van der Waals surface area contributed by atoms with Crippen LogP contribution in [-0.2, 0) is 9.53 Å². The first-order valence-corrected chi connectivity index (χ1v) is 7.74. The number of hydrogen-bond donors (Lipinski definition) is 1. The summed E-state index contributed by atoms with van der Waals surface area (Å²) in [4.78, 5) is 29.9. The summed E-state index contributed by atoms with van der Waals surface area (Å²) in [7, 11) is 0. The van der Waals surface area contributed by atoms with Crippen molar-refractivity contribution >= 4 is 12.0 Å². The Bertz CT molecular complexity index is 499. The maximum absolute atomic E-state index is 12.3. The lowest BCUT2D eigenvalue weighted by Crippen LogP contribution is -2.43. The van der Waals surface area contributed by atoms with Crippen molar-refractivity contribution in [2.75, 3.05) is 19.7 Å². The SMILES string of the molecule is CCOC(=O)N1CCC(C(=O)N[C@@H](C)c2ccccn2)CC1. The number of likely N-dealkylation sites (tertiary alicyclic amines) is 1. The van der Waals surface area contributed by atoms with Crippen LogP contribution in [0.2, 0.25) is 0 Å². The third kappa shape index (κ3) is 4.19. The van der Waals surface area contributed by atoms with Gasteiger partial charge in [-0.25, -0.2) is 4.79 Å². The summed E-state index contributed by atoms with van der Waals surface area (Å²) in [5.41, 5.74) is 0.847. The van der Waals surface area contributed by atoms with E-state index in [2.05, 4.69) is 10.3 Å². The topological polar surface area (TPSA) is 71.5 Å². The first kappa shape index (κ1) is 16.3. The summed E-state index contributed by atoms with van der Waals surface area (Å²) in [6.07, 6.45) is 2.76. The van der Waals surface area contributed by atoms with Gasteiger partial charge >= 0.3 is 6.09 Å². The Morgan fingerprint density at radius 1 is 1.41 bits per heavy atom. The second-order valence-electron chi connectivity index (χ2n) is 5.45. The maximum atomic E-state index is 12.3. The number of nitrogens with zero attached hydrogens (tertiary/aromatic N) is 2. The highest BCUT2D eigenvalue weighted by Gasteiger charge is 2.28. The number of piperidine rings is 1. The molecule has 0 bridgehead atoms. The van der Waals surface area contributed by atoms with Crippen molar-refractivity contribution in [2.45, 2.75) is 32.7 Å². The number of amides is 2. The number of aromatic nitrogens is 1. The van der Waals surface area contributed by atoms with Gasteiger partial charge < -0.3 is 15.0 Å². The summed E-state index contributed by atoms with van der Waals surface area (Å²) in [5, 5.41) is 3.00. The number of nitrogens with one attached hydrogen (secondary N) is 1. The second-order valence-corrected chi connectivity index (χ2v) is 5.45. The zero-order chi connectivity index (χ0) is 15.9. The van der Waals surface area contributed by atoms with Gasteiger partial charge in [-0.3, -0.25) is 9.78 Å². The standard InChI is InChI=1S/C16H23N3O3/c1-3-22-16(21)19-10-7-13(8-11-19)15(20)18-12(2)14-6-4-5-9-17-14/h4-6,9,12-13H,3,7-8,10-11H2,1-2H3,(H,18,20)/t12-/m0/s1. The molecule has 1 fully saturated rings. The Morgan fingerprint density at radius 3 is 2.73 bits per heavy atom. The Hall–Kier alpha value is -2.11. The highest BCUT2D eigenvalue weighted by Crippen LogP contribution is 2.19. The van der Waals surface area contributed by atoms with E-state index in [0.717, 1.165) is 5.69 Å². The van der Waals surface area contributed by atoms with Crippen LogP contribution in [-0.4, -0.2) is 41.6 Å². The molecule has 2 rings (SSSR count). The van der Waals surface area contributed by atoms with Crippen LogP contribution in [0.25, 0.3) is 0 Å². The number of ether oxygens (including phenoxy) is 1. The fraction of sp³-hybridized carbons (Fsp3) is 0.562. The van der Waals surface area contributed by atoms with Crippen LogP contribution in [0.1, 0.15) is 38.4 Å². The molecule has 0 aromatic carbocycles. The number of carbonyl (C=O) groups is 2. The van der Waals surface area contributed by atoms with Gasteiger partial charge in [0.2, 0.25) is 5.91 Å². The van der Waals surface area contributed by atoms with Gasteiger partial charge in [-0.2, -0.15) is 0 Å². The van der Waals surface area contributed by atoms with Crippen molar-refractivity contribution in [3.63, 3.8) is 0 Å². The minimum absolute atomic E-state index is 0.0293. The van der Waals surface area contributed by atoms with Gasteiger partial charge in [0.25, 0.3) is 0 Å². The molecule has 6 nitrogen and oxygen atoms in total. The number of pyridine rings is 1. The van der Waals surface area contributed by atoms with Crippen molar-refractivity contribution in [1.82, 2.24) is 15.2 Å². The number of hydrogen-bond acceptors (Lipinski definition) is 4. The zero-order valence-electron chi connectivity index (χ0n) is 13.1. The molecule has 1 atom stereocenters. The normalized spacial score (nSPS) is 16.9. The minimum Gasteiger partial charge on any atom is -0.450 e. The van der Waals surface area contributed by atoms with E-state index >= 15 is 0 Å². The van der Waals surface area contributed by atoms with Crippen LogP contribution in [0, 0.1) is 5.92 Å². The molecule has 0 saturated carbocycles. The van der Waals surface area contributed by atoms with E-state index in [1.807, 2.05) is 25.1 Å². The van der Waals surface area contributed by atoms with Crippen molar-refractivity contribution in [1.29, 1.82) is 0 Å². The van der Waals surface area contributed by atoms with E-state index in [0.29, 0.717) is 32.5 Å². The molecule has 1 aliphatic rings. The van der Waals surface area contributed by atoms with Crippen molar-refractivity contribution in [3.8, 4) is 0 Å². The number of rotatable bonds is 4. The lowest BCUT2D eigenvalue weighted by molar-refractivity contribution is -0.127. The molecule has 1 aromatic heterocycles. The molecular formula is C16H23N3O3. The average molecular weight is 305 g/mol. The van der Waals surface area contributed by atoms with Gasteiger partial charge in [-0.1, -0.05) is 6.07 Å². The molecule has 0 spiro atoms. The first-order chi connectivity index (χ1) is 10.6. The largest absolute Gasteiger partial charge is 0.450 e. The minimum atomic E-state index is -0.289. The second kappa shape index (κ2) is 7.77. The maximum Gasteiger partial charge on any atom is 0.409 e. The molecular weight excluding hydrogens is 282 g/mol. The lowest BCUT2D eigenvalue weighted by Gasteiger charge is -2.31. The highest BCUT2D eigenvalue weighted by atomic mass is 16.6. The monoisotopic (exact) mass is 305 g/mol. The summed E-state index contributed by atoms with van der Waals surface area (Å²) in [6, 6.07) is 5.54. The van der Waals surface area contributed by atoms with E-state index in [1.165, 1.54) is 0 Å². The molecule has 2 heterocycles. The van der Waals surface area contributed by atoms with Crippen LogP contribution in [0.5, 0.6) is 0 Å². The van der Waals surface area contributed by atoms with Gasteiger partial charge in [0, 0.05) is 25.2 Å². The zero-order valence-corrected chi connectivity index (χ0v) is 13.1. The highest BCUT2D eigenvalue weighted by molar-refractivity contribution is 5.79. The fourth-order valence-electron chi connectivity index (χ4n) is 2.58. The van der Waals surface area contributed by atoms with E-state index in [-0.39, 0.29) is 24.0 Å². The van der Waals surface area contributed by atoms with Gasteiger partial charge in [-0.15, -0.1) is 0 Å². The van der Waals surface area contributed by atoms with Crippen LogP contribution >= 0.6 is 0 Å². The van der Waals surface area contributed by atoms with Crippen molar-refractivity contribution in [3.05, 3.63) is 30.1 Å². The molecule has 6 heteroatoms. The van der Waals surface area contributed by atoms with Crippen molar-refractivity contribution in [2.24, 2.45) is 5.92 Å². The third-order valence-corrected chi connectivity index (χ3v) is 3.88. The molecule has 120 valence electrons. The smallest absolute Gasteiger partial charge is 0.409 e. The molecule has 22 heavy (non-hydrogen) atoms. The first-order valence-electron chi connectivity index (χ1n) is 7.74. The predicted molar refractivity (Wildman–Crippen MR) is 82.1 cm³/mol. The molecule has 0 aliphatic carbocycles. The van der Waals surface area contributed by atoms with Gasteiger partial charge in [-0.05, 0) is 38.8 Å². The Labute approximate surface area is 130 Å². The molecule has 2 amide bonds. The summed E-state index contributed by atoms with van der Waals surface area (Å²) in [5.74, 6) is -0.0292. The van der Waals surface area contributed by atoms with E-state index in [9.17, 15) is 9.59 Å². The third-order valence-electron chi connectivity index (χ3n) is 3.88. The van der Waals surface area contributed by atoms with Gasteiger partial charge in [0.1, 0.15) is 0 Å². The van der Waals surface area contributed by atoms with Gasteiger partial charge in [0.05, 0.1) is 18.3 Å². The van der Waals surface area contributed by atoms with E-state index in [1.54, 1.807) is 18.0 Å². The van der Waals surface area contributed by atoms with Crippen LogP contribution in [0.3, 0.4) is 0 Å². The molecule has 1 aliphatic heterocycles. The Balaban J connectivity index is 1.81. The van der Waals surface area contributed by atoms with Crippen LogP contribution < -0.4 is 5.32 Å². The van der Waals surface area contributed by atoms with Crippen LogP contribution in [0.4, 0.5) is 4.79 Å². The van der Waals surface area contributed by atoms with Gasteiger partial charge in [0.15, 0.2) is 0 Å².